The second kappa shape index (κ2) is 7.91. The minimum atomic E-state index is -0.338. The molecule has 5 nitrogen and oxygen atoms in total. The third kappa shape index (κ3) is 4.73. The van der Waals surface area contributed by atoms with Crippen LogP contribution >= 0.6 is 0 Å². The molecule has 0 aliphatic carbocycles. The van der Waals surface area contributed by atoms with Gasteiger partial charge in [-0.25, -0.2) is 0 Å². The van der Waals surface area contributed by atoms with E-state index in [2.05, 4.69) is 5.32 Å². The zero-order valence-corrected chi connectivity index (χ0v) is 16.4. The number of ether oxygens (including phenoxy) is 3. The standard InChI is InChI=1S/C22H27NO4/c1-22(2)14-19(18-13-17(26-4)10-11-20(18)27-22)23-21(24)12-7-15-5-8-16(25-3)9-6-15/h5-6,8-11,13,19H,7,12,14H2,1-4H3,(H,23,24)/t19-/m0/s1. The van der Waals surface area contributed by atoms with E-state index in [-0.39, 0.29) is 17.6 Å². The Labute approximate surface area is 160 Å². The van der Waals surface area contributed by atoms with Crippen molar-refractivity contribution in [3.8, 4) is 17.2 Å². The Bertz CT molecular complexity index is 798. The minimum absolute atomic E-state index is 0.0299. The van der Waals surface area contributed by atoms with E-state index in [1.54, 1.807) is 14.2 Å². The number of benzene rings is 2. The zero-order valence-electron chi connectivity index (χ0n) is 16.4. The molecule has 1 amide bonds. The summed E-state index contributed by atoms with van der Waals surface area (Å²) in [5.74, 6) is 2.41. The van der Waals surface area contributed by atoms with Crippen molar-refractivity contribution in [1.29, 1.82) is 0 Å². The van der Waals surface area contributed by atoms with Gasteiger partial charge < -0.3 is 19.5 Å². The number of amides is 1. The monoisotopic (exact) mass is 369 g/mol. The maximum absolute atomic E-state index is 12.6. The van der Waals surface area contributed by atoms with Gasteiger partial charge in [-0.15, -0.1) is 0 Å². The van der Waals surface area contributed by atoms with Gasteiger partial charge in [-0.2, -0.15) is 0 Å². The number of rotatable bonds is 6. The first-order valence-electron chi connectivity index (χ1n) is 9.19. The van der Waals surface area contributed by atoms with Crippen LogP contribution in [-0.2, 0) is 11.2 Å². The summed E-state index contributed by atoms with van der Waals surface area (Å²) in [7, 11) is 3.28. The lowest BCUT2D eigenvalue weighted by Crippen LogP contribution is -2.41. The van der Waals surface area contributed by atoms with Crippen LogP contribution in [0.5, 0.6) is 17.2 Å². The Morgan fingerprint density at radius 3 is 2.44 bits per heavy atom. The molecule has 3 rings (SSSR count). The van der Waals surface area contributed by atoms with Crippen molar-refractivity contribution in [2.45, 2.75) is 44.8 Å². The van der Waals surface area contributed by atoms with Gasteiger partial charge in [0, 0.05) is 18.4 Å². The van der Waals surface area contributed by atoms with Crippen molar-refractivity contribution in [3.05, 3.63) is 53.6 Å². The normalized spacial score (nSPS) is 17.4. The number of carbonyl (C=O) groups excluding carboxylic acids is 1. The molecular formula is C22H27NO4. The second-order valence-corrected chi connectivity index (χ2v) is 7.44. The molecule has 0 bridgehead atoms. The van der Waals surface area contributed by atoms with Gasteiger partial charge in [-0.1, -0.05) is 12.1 Å². The third-order valence-corrected chi connectivity index (χ3v) is 4.81. The molecule has 0 saturated carbocycles. The van der Waals surface area contributed by atoms with Crippen molar-refractivity contribution in [2.24, 2.45) is 0 Å². The van der Waals surface area contributed by atoms with Crippen LogP contribution in [0.4, 0.5) is 0 Å². The highest BCUT2D eigenvalue weighted by atomic mass is 16.5. The fourth-order valence-corrected chi connectivity index (χ4v) is 3.40. The first-order chi connectivity index (χ1) is 12.9. The highest BCUT2D eigenvalue weighted by Crippen LogP contribution is 2.41. The Balaban J connectivity index is 1.67. The molecule has 0 radical (unpaired) electrons. The predicted molar refractivity (Wildman–Crippen MR) is 105 cm³/mol. The number of hydrogen-bond donors (Lipinski definition) is 1. The van der Waals surface area contributed by atoms with E-state index >= 15 is 0 Å². The molecule has 1 aliphatic rings. The van der Waals surface area contributed by atoms with E-state index in [0.717, 1.165) is 28.4 Å². The van der Waals surface area contributed by atoms with Crippen LogP contribution in [0, 0.1) is 0 Å². The largest absolute Gasteiger partial charge is 0.497 e. The molecule has 0 saturated heterocycles. The van der Waals surface area contributed by atoms with Crippen molar-refractivity contribution >= 4 is 5.91 Å². The average molecular weight is 369 g/mol. The molecule has 1 atom stereocenters. The van der Waals surface area contributed by atoms with Crippen LogP contribution in [-0.4, -0.2) is 25.7 Å². The number of hydrogen-bond acceptors (Lipinski definition) is 4. The van der Waals surface area contributed by atoms with Crippen molar-refractivity contribution < 1.29 is 19.0 Å². The van der Waals surface area contributed by atoms with Crippen LogP contribution < -0.4 is 19.5 Å². The third-order valence-electron chi connectivity index (χ3n) is 4.81. The van der Waals surface area contributed by atoms with Gasteiger partial charge in [0.25, 0.3) is 0 Å². The number of nitrogens with one attached hydrogen (secondary N) is 1. The molecular weight excluding hydrogens is 342 g/mol. The topological polar surface area (TPSA) is 56.8 Å². The van der Waals surface area contributed by atoms with Crippen LogP contribution in [0.2, 0.25) is 0 Å². The lowest BCUT2D eigenvalue weighted by atomic mass is 9.89. The number of methoxy groups -OCH3 is 2. The van der Waals surface area contributed by atoms with Crippen LogP contribution in [0.25, 0.3) is 0 Å². The fraction of sp³-hybridized carbons (Fsp3) is 0.409. The van der Waals surface area contributed by atoms with E-state index in [9.17, 15) is 4.79 Å². The summed E-state index contributed by atoms with van der Waals surface area (Å²) in [6, 6.07) is 13.4. The van der Waals surface area contributed by atoms with Crippen molar-refractivity contribution in [2.75, 3.05) is 14.2 Å². The number of aryl methyl sites for hydroxylation is 1. The molecule has 1 aliphatic heterocycles. The minimum Gasteiger partial charge on any atom is -0.497 e. The van der Waals surface area contributed by atoms with Crippen molar-refractivity contribution in [3.63, 3.8) is 0 Å². The summed E-state index contributed by atoms with van der Waals surface area (Å²) in [5.41, 5.74) is 1.74. The highest BCUT2D eigenvalue weighted by molar-refractivity contribution is 5.77. The number of carbonyl (C=O) groups is 1. The van der Waals surface area contributed by atoms with Gasteiger partial charge in [0.05, 0.1) is 20.3 Å². The zero-order chi connectivity index (χ0) is 19.4. The first kappa shape index (κ1) is 19.1. The molecule has 1 heterocycles. The van der Waals surface area contributed by atoms with Crippen molar-refractivity contribution in [1.82, 2.24) is 5.32 Å². The van der Waals surface area contributed by atoms with E-state index in [4.69, 9.17) is 14.2 Å². The molecule has 2 aromatic carbocycles. The van der Waals surface area contributed by atoms with Gasteiger partial charge in [-0.3, -0.25) is 4.79 Å². The molecule has 27 heavy (non-hydrogen) atoms. The van der Waals surface area contributed by atoms with Gasteiger partial charge in [0.2, 0.25) is 5.91 Å². The Morgan fingerprint density at radius 1 is 1.11 bits per heavy atom. The summed E-state index contributed by atoms with van der Waals surface area (Å²) in [4.78, 5) is 12.6. The van der Waals surface area contributed by atoms with E-state index in [1.807, 2.05) is 56.3 Å². The Kier molecular flexibility index (Phi) is 5.59. The molecule has 5 heteroatoms. The quantitative estimate of drug-likeness (QED) is 0.834. The van der Waals surface area contributed by atoms with Gasteiger partial charge in [0.1, 0.15) is 22.8 Å². The second-order valence-electron chi connectivity index (χ2n) is 7.44. The molecule has 0 aromatic heterocycles. The molecule has 0 fully saturated rings. The van der Waals surface area contributed by atoms with Crippen LogP contribution in [0.3, 0.4) is 0 Å². The number of fused-ring (bicyclic) bond motifs is 1. The van der Waals surface area contributed by atoms with Crippen LogP contribution in [0.15, 0.2) is 42.5 Å². The first-order valence-corrected chi connectivity index (χ1v) is 9.19. The molecule has 0 unspecified atom stereocenters. The maximum Gasteiger partial charge on any atom is 0.220 e. The van der Waals surface area contributed by atoms with Gasteiger partial charge >= 0.3 is 0 Å². The lowest BCUT2D eigenvalue weighted by molar-refractivity contribution is -0.122. The summed E-state index contributed by atoms with van der Waals surface area (Å²) in [5, 5.41) is 3.18. The predicted octanol–water partition coefficient (Wildman–Crippen LogP) is 4.06. The summed E-state index contributed by atoms with van der Waals surface area (Å²) < 4.78 is 16.6. The smallest absolute Gasteiger partial charge is 0.220 e. The summed E-state index contributed by atoms with van der Waals surface area (Å²) in [6.07, 6.45) is 1.83. The maximum atomic E-state index is 12.6. The Morgan fingerprint density at radius 2 is 1.78 bits per heavy atom. The highest BCUT2D eigenvalue weighted by Gasteiger charge is 2.34. The van der Waals surface area contributed by atoms with E-state index < -0.39 is 0 Å². The SMILES string of the molecule is COc1ccc(CCC(=O)N[C@H]2CC(C)(C)Oc3ccc(OC)cc32)cc1. The van der Waals surface area contributed by atoms with E-state index in [1.165, 1.54) is 0 Å². The lowest BCUT2D eigenvalue weighted by Gasteiger charge is -2.38. The average Bonchev–Trinajstić information content (AvgIpc) is 2.65. The summed E-state index contributed by atoms with van der Waals surface area (Å²) >= 11 is 0. The van der Waals surface area contributed by atoms with Crippen LogP contribution in [0.1, 0.15) is 43.9 Å². The van der Waals surface area contributed by atoms with Gasteiger partial charge in [-0.05, 0) is 56.2 Å². The fourth-order valence-electron chi connectivity index (χ4n) is 3.40. The summed E-state index contributed by atoms with van der Waals surface area (Å²) in [6.45, 7) is 4.08. The molecule has 2 aromatic rings. The molecule has 0 spiro atoms. The van der Waals surface area contributed by atoms with Gasteiger partial charge in [0.15, 0.2) is 0 Å². The Hall–Kier alpha value is -2.69. The molecule has 144 valence electrons. The molecule has 1 N–H and O–H groups in total. The van der Waals surface area contributed by atoms with E-state index in [0.29, 0.717) is 19.3 Å².